The number of nitrogens with one attached hydrogen (secondary N) is 1. The zero-order valence-corrected chi connectivity index (χ0v) is 16.5. The lowest BCUT2D eigenvalue weighted by atomic mass is 10.1. The van der Waals surface area contributed by atoms with E-state index in [9.17, 15) is 9.18 Å². The molecule has 8 heteroatoms. The van der Waals surface area contributed by atoms with Gasteiger partial charge in [0, 0.05) is 12.6 Å². The van der Waals surface area contributed by atoms with Gasteiger partial charge in [-0.15, -0.1) is 10.2 Å². The minimum atomic E-state index is -0.313. The summed E-state index contributed by atoms with van der Waals surface area (Å²) < 4.78 is 20.1. The second-order valence-corrected chi connectivity index (χ2v) is 7.12. The van der Waals surface area contributed by atoms with Crippen molar-refractivity contribution < 1.29 is 13.9 Å². The van der Waals surface area contributed by atoms with Crippen LogP contribution >= 0.6 is 11.8 Å². The molecule has 1 aromatic heterocycles. The first-order chi connectivity index (χ1) is 13.5. The van der Waals surface area contributed by atoms with Crippen molar-refractivity contribution in [1.29, 1.82) is 0 Å². The number of ether oxygens (including phenoxy) is 1. The lowest BCUT2D eigenvalue weighted by Crippen LogP contribution is -2.29. The standard InChI is InChI=1S/C20H21FN4O2S/c1-14-4-3-5-15(12-14)19-23-24-20(25(19)2)28-13-18(26)22-10-11-27-17-8-6-16(21)7-9-17/h3-9,12H,10-11,13H2,1-2H3,(H,22,26). The summed E-state index contributed by atoms with van der Waals surface area (Å²) in [5.41, 5.74) is 2.14. The Bertz CT molecular complexity index is 944. The molecule has 1 heterocycles. The highest BCUT2D eigenvalue weighted by Crippen LogP contribution is 2.23. The van der Waals surface area contributed by atoms with Crippen LogP contribution in [0.1, 0.15) is 5.56 Å². The molecule has 0 aliphatic heterocycles. The summed E-state index contributed by atoms with van der Waals surface area (Å²) in [5, 5.41) is 11.9. The smallest absolute Gasteiger partial charge is 0.230 e. The summed E-state index contributed by atoms with van der Waals surface area (Å²) in [7, 11) is 1.88. The molecule has 1 N–H and O–H groups in total. The lowest BCUT2D eigenvalue weighted by molar-refractivity contribution is -0.118. The highest BCUT2D eigenvalue weighted by Gasteiger charge is 2.13. The molecule has 2 aromatic carbocycles. The average Bonchev–Trinajstić information content (AvgIpc) is 3.05. The minimum absolute atomic E-state index is 0.118. The van der Waals surface area contributed by atoms with Crippen molar-refractivity contribution in [3.05, 3.63) is 59.9 Å². The number of hydrogen-bond donors (Lipinski definition) is 1. The molecule has 0 radical (unpaired) electrons. The van der Waals surface area contributed by atoms with E-state index >= 15 is 0 Å². The van der Waals surface area contributed by atoms with E-state index in [2.05, 4.69) is 15.5 Å². The highest BCUT2D eigenvalue weighted by atomic mass is 32.2. The average molecular weight is 400 g/mol. The van der Waals surface area contributed by atoms with Gasteiger partial charge in [-0.05, 0) is 37.3 Å². The quantitative estimate of drug-likeness (QED) is 0.464. The van der Waals surface area contributed by atoms with E-state index in [1.54, 1.807) is 12.1 Å². The molecule has 3 rings (SSSR count). The van der Waals surface area contributed by atoms with Gasteiger partial charge in [-0.2, -0.15) is 0 Å². The van der Waals surface area contributed by atoms with Crippen LogP contribution in [0, 0.1) is 12.7 Å². The number of rotatable bonds is 8. The Hall–Kier alpha value is -2.87. The first kappa shape index (κ1) is 19.9. The Morgan fingerprint density at radius 3 is 2.75 bits per heavy atom. The molecular weight excluding hydrogens is 379 g/mol. The SMILES string of the molecule is Cc1cccc(-c2nnc(SCC(=O)NCCOc3ccc(F)cc3)n2C)c1. The van der Waals surface area contributed by atoms with Crippen LogP contribution < -0.4 is 10.1 Å². The van der Waals surface area contributed by atoms with E-state index in [0.29, 0.717) is 24.1 Å². The van der Waals surface area contributed by atoms with Crippen LogP contribution in [0.4, 0.5) is 4.39 Å². The number of aryl methyl sites for hydroxylation is 1. The second kappa shape index (κ2) is 9.36. The van der Waals surface area contributed by atoms with E-state index in [-0.39, 0.29) is 17.5 Å². The molecule has 0 atom stereocenters. The van der Waals surface area contributed by atoms with E-state index in [1.165, 1.54) is 23.9 Å². The Morgan fingerprint density at radius 1 is 1.21 bits per heavy atom. The van der Waals surface area contributed by atoms with Crippen LogP contribution in [0.25, 0.3) is 11.4 Å². The van der Waals surface area contributed by atoms with Gasteiger partial charge >= 0.3 is 0 Å². The lowest BCUT2D eigenvalue weighted by Gasteiger charge is -2.08. The molecule has 0 spiro atoms. The Morgan fingerprint density at radius 2 is 2.00 bits per heavy atom. The van der Waals surface area contributed by atoms with Crippen molar-refractivity contribution in [2.75, 3.05) is 18.9 Å². The molecule has 0 fully saturated rings. The van der Waals surface area contributed by atoms with Crippen molar-refractivity contribution >= 4 is 17.7 Å². The van der Waals surface area contributed by atoms with Gasteiger partial charge in [-0.1, -0.05) is 35.5 Å². The molecule has 0 saturated carbocycles. The number of hydrogen-bond acceptors (Lipinski definition) is 5. The van der Waals surface area contributed by atoms with Crippen LogP contribution in [0.5, 0.6) is 5.75 Å². The fourth-order valence-electron chi connectivity index (χ4n) is 2.55. The molecule has 28 heavy (non-hydrogen) atoms. The summed E-state index contributed by atoms with van der Waals surface area (Å²) >= 11 is 1.33. The maximum atomic E-state index is 12.8. The topological polar surface area (TPSA) is 69.0 Å². The molecule has 6 nitrogen and oxygen atoms in total. The molecule has 1 amide bonds. The molecule has 0 aliphatic rings. The summed E-state index contributed by atoms with van der Waals surface area (Å²) in [5.74, 6) is 1.13. The van der Waals surface area contributed by atoms with Crippen LogP contribution in [-0.4, -0.2) is 39.6 Å². The molecular formula is C20H21FN4O2S. The summed E-state index contributed by atoms with van der Waals surface area (Å²) in [6.45, 7) is 2.70. The van der Waals surface area contributed by atoms with E-state index in [4.69, 9.17) is 4.74 Å². The van der Waals surface area contributed by atoms with Gasteiger partial charge in [0.05, 0.1) is 12.3 Å². The zero-order valence-electron chi connectivity index (χ0n) is 15.7. The molecule has 0 saturated heterocycles. The fraction of sp³-hybridized carbons (Fsp3) is 0.250. The van der Waals surface area contributed by atoms with Crippen molar-refractivity contribution in [3.63, 3.8) is 0 Å². The Kier molecular flexibility index (Phi) is 6.65. The summed E-state index contributed by atoms with van der Waals surface area (Å²) in [6.07, 6.45) is 0. The van der Waals surface area contributed by atoms with Crippen LogP contribution in [0.2, 0.25) is 0 Å². The van der Waals surface area contributed by atoms with Crippen molar-refractivity contribution in [2.24, 2.45) is 7.05 Å². The van der Waals surface area contributed by atoms with Gasteiger partial charge < -0.3 is 14.6 Å². The monoisotopic (exact) mass is 400 g/mol. The maximum absolute atomic E-state index is 12.8. The number of amides is 1. The van der Waals surface area contributed by atoms with Gasteiger partial charge in [-0.3, -0.25) is 4.79 Å². The number of thioether (sulfide) groups is 1. The number of carbonyl (C=O) groups excluding carboxylic acids is 1. The number of halogens is 1. The maximum Gasteiger partial charge on any atom is 0.230 e. The van der Waals surface area contributed by atoms with Gasteiger partial charge in [0.25, 0.3) is 0 Å². The van der Waals surface area contributed by atoms with E-state index in [0.717, 1.165) is 17.0 Å². The summed E-state index contributed by atoms with van der Waals surface area (Å²) in [4.78, 5) is 12.0. The Labute approximate surface area is 167 Å². The molecule has 0 aliphatic carbocycles. The number of benzene rings is 2. The number of aromatic nitrogens is 3. The molecule has 3 aromatic rings. The minimum Gasteiger partial charge on any atom is -0.492 e. The number of carbonyl (C=O) groups is 1. The van der Waals surface area contributed by atoms with Crippen LogP contribution in [-0.2, 0) is 11.8 Å². The predicted octanol–water partition coefficient (Wildman–Crippen LogP) is 3.22. The third-order valence-corrected chi connectivity index (χ3v) is 4.97. The fourth-order valence-corrected chi connectivity index (χ4v) is 3.29. The summed E-state index contributed by atoms with van der Waals surface area (Å²) in [6, 6.07) is 13.8. The normalized spacial score (nSPS) is 10.7. The molecule has 0 bridgehead atoms. The van der Waals surface area contributed by atoms with Crippen molar-refractivity contribution in [3.8, 4) is 17.1 Å². The largest absolute Gasteiger partial charge is 0.492 e. The van der Waals surface area contributed by atoms with Crippen LogP contribution in [0.15, 0.2) is 53.7 Å². The Balaban J connectivity index is 1.44. The number of nitrogens with zero attached hydrogens (tertiary/aromatic N) is 3. The first-order valence-electron chi connectivity index (χ1n) is 8.77. The van der Waals surface area contributed by atoms with Gasteiger partial charge in [0.1, 0.15) is 18.2 Å². The predicted molar refractivity (Wildman–Crippen MR) is 107 cm³/mol. The molecule has 146 valence electrons. The third-order valence-electron chi connectivity index (χ3n) is 3.95. The van der Waals surface area contributed by atoms with Crippen molar-refractivity contribution in [1.82, 2.24) is 20.1 Å². The van der Waals surface area contributed by atoms with Crippen molar-refractivity contribution in [2.45, 2.75) is 12.1 Å². The van der Waals surface area contributed by atoms with E-state index < -0.39 is 0 Å². The molecule has 0 unspecified atom stereocenters. The third kappa shape index (κ3) is 5.32. The first-order valence-corrected chi connectivity index (χ1v) is 9.76. The van der Waals surface area contributed by atoms with E-state index in [1.807, 2.05) is 42.8 Å². The van der Waals surface area contributed by atoms with Gasteiger partial charge in [-0.25, -0.2) is 4.39 Å². The van der Waals surface area contributed by atoms with Gasteiger partial charge in [0.2, 0.25) is 5.91 Å². The zero-order chi connectivity index (χ0) is 19.9. The van der Waals surface area contributed by atoms with Crippen LogP contribution in [0.3, 0.4) is 0 Å². The van der Waals surface area contributed by atoms with Gasteiger partial charge in [0.15, 0.2) is 11.0 Å². The second-order valence-electron chi connectivity index (χ2n) is 6.18. The highest BCUT2D eigenvalue weighted by molar-refractivity contribution is 7.99.